The average Bonchev–Trinajstić information content (AvgIpc) is 3.35. The van der Waals surface area contributed by atoms with Gasteiger partial charge < -0.3 is 28.6 Å². The number of ether oxygens (including phenoxy) is 5. The fourth-order valence-electron chi connectivity index (χ4n) is 4.53. The van der Waals surface area contributed by atoms with Gasteiger partial charge in [0.15, 0.2) is 0 Å². The molecule has 0 fully saturated rings. The first-order chi connectivity index (χ1) is 21.2. The molecule has 236 valence electrons. The van der Waals surface area contributed by atoms with Gasteiger partial charge in [-0.05, 0) is 22.3 Å². The van der Waals surface area contributed by atoms with Crippen molar-refractivity contribution in [3.05, 3.63) is 88.7 Å². The molecule has 13 heteroatoms. The molecule has 0 atom stereocenters. The zero-order valence-corrected chi connectivity index (χ0v) is 23.8. The van der Waals surface area contributed by atoms with E-state index in [4.69, 9.17) is 18.9 Å². The highest BCUT2D eigenvalue weighted by atomic mass is 19.2. The maximum absolute atomic E-state index is 13.6. The van der Waals surface area contributed by atoms with Gasteiger partial charge in [-0.3, -0.25) is 4.79 Å². The number of nitrogens with zero attached hydrogens (tertiary/aromatic N) is 1. The highest BCUT2D eigenvalue weighted by Crippen LogP contribution is 2.44. The van der Waals surface area contributed by atoms with Crippen molar-refractivity contribution < 1.29 is 55.2 Å². The van der Waals surface area contributed by atoms with Crippen molar-refractivity contribution >= 4 is 12.1 Å². The van der Waals surface area contributed by atoms with Crippen LogP contribution in [0.3, 0.4) is 0 Å². The third-order valence-electron chi connectivity index (χ3n) is 6.80. The van der Waals surface area contributed by atoms with Gasteiger partial charge >= 0.3 is 12.1 Å². The van der Waals surface area contributed by atoms with Crippen LogP contribution in [0.5, 0.6) is 5.75 Å². The Kier molecular flexibility index (Phi) is 11.6. The van der Waals surface area contributed by atoms with Crippen LogP contribution in [0.1, 0.15) is 23.5 Å². The Morgan fingerprint density at radius 2 is 1.16 bits per heavy atom. The summed E-state index contributed by atoms with van der Waals surface area (Å²) >= 11 is 0. The normalized spacial score (nSPS) is 12.1. The first kappa shape index (κ1) is 32.8. The summed E-state index contributed by atoms with van der Waals surface area (Å²) in [6.45, 7) is 1.20. The van der Waals surface area contributed by atoms with E-state index < -0.39 is 53.3 Å². The third kappa shape index (κ3) is 7.90. The SMILES string of the molecule is CN(CCOCCOCCOCCC(=O)Oc1c(F)c(F)c(F)c(F)c1F)C(=O)OCC1c2ccccc2-c2ccccc21. The monoisotopic (exact) mass is 623 g/mol. The minimum Gasteiger partial charge on any atom is -0.448 e. The average molecular weight is 624 g/mol. The number of esters is 1. The lowest BCUT2D eigenvalue weighted by atomic mass is 9.98. The van der Waals surface area contributed by atoms with Gasteiger partial charge in [0.05, 0.1) is 46.1 Å². The molecule has 0 radical (unpaired) electrons. The minimum absolute atomic E-state index is 0.0293. The molecule has 3 aromatic carbocycles. The van der Waals surface area contributed by atoms with E-state index in [0.717, 1.165) is 22.3 Å². The second-order valence-electron chi connectivity index (χ2n) is 9.69. The van der Waals surface area contributed by atoms with E-state index in [2.05, 4.69) is 29.0 Å². The molecule has 3 aromatic rings. The van der Waals surface area contributed by atoms with E-state index in [-0.39, 0.29) is 52.2 Å². The molecule has 0 aliphatic heterocycles. The molecular formula is C31H30F5NO7. The van der Waals surface area contributed by atoms with Gasteiger partial charge in [0.25, 0.3) is 0 Å². The number of carbonyl (C=O) groups excluding carboxylic acids is 2. The molecule has 0 spiro atoms. The topological polar surface area (TPSA) is 83.5 Å². The number of likely N-dealkylation sites (N-methyl/N-ethyl adjacent to an activating group) is 1. The summed E-state index contributed by atoms with van der Waals surface area (Å²) in [6.07, 6.45) is -0.959. The molecule has 0 bridgehead atoms. The lowest BCUT2D eigenvalue weighted by Gasteiger charge is -2.19. The van der Waals surface area contributed by atoms with Gasteiger partial charge in [-0.1, -0.05) is 48.5 Å². The minimum atomic E-state index is -2.35. The van der Waals surface area contributed by atoms with Gasteiger partial charge in [-0.2, -0.15) is 8.78 Å². The van der Waals surface area contributed by atoms with Crippen molar-refractivity contribution in [1.82, 2.24) is 4.90 Å². The maximum Gasteiger partial charge on any atom is 0.409 e. The summed E-state index contributed by atoms with van der Waals surface area (Å²) in [5.74, 6) is -14.2. The molecule has 1 aliphatic carbocycles. The Balaban J connectivity index is 1.03. The summed E-state index contributed by atoms with van der Waals surface area (Å²) in [7, 11) is 1.62. The van der Waals surface area contributed by atoms with Gasteiger partial charge in [0, 0.05) is 19.5 Å². The number of fused-ring (bicyclic) bond motifs is 3. The Hall–Kier alpha value is -4.07. The van der Waals surface area contributed by atoms with Gasteiger partial charge in [-0.15, -0.1) is 0 Å². The first-order valence-corrected chi connectivity index (χ1v) is 13.7. The molecule has 1 amide bonds. The number of halogens is 5. The highest BCUT2D eigenvalue weighted by Gasteiger charge is 2.30. The molecule has 8 nitrogen and oxygen atoms in total. The second-order valence-corrected chi connectivity index (χ2v) is 9.69. The zero-order valence-electron chi connectivity index (χ0n) is 23.8. The summed E-state index contributed by atoms with van der Waals surface area (Å²) in [4.78, 5) is 25.6. The molecule has 0 aromatic heterocycles. The lowest BCUT2D eigenvalue weighted by molar-refractivity contribution is -0.136. The molecular weight excluding hydrogens is 593 g/mol. The van der Waals surface area contributed by atoms with Crippen LogP contribution in [0.25, 0.3) is 11.1 Å². The van der Waals surface area contributed by atoms with Crippen molar-refractivity contribution in [1.29, 1.82) is 0 Å². The molecule has 1 aliphatic rings. The number of benzene rings is 3. The van der Waals surface area contributed by atoms with Crippen LogP contribution in [-0.2, 0) is 23.7 Å². The number of carbonyl (C=O) groups is 2. The van der Waals surface area contributed by atoms with Gasteiger partial charge in [-0.25, -0.2) is 18.0 Å². The first-order valence-electron chi connectivity index (χ1n) is 13.7. The largest absolute Gasteiger partial charge is 0.448 e. The summed E-state index contributed by atoms with van der Waals surface area (Å²) in [5, 5.41) is 0. The van der Waals surface area contributed by atoms with Crippen LogP contribution >= 0.6 is 0 Å². The summed E-state index contributed by atoms with van der Waals surface area (Å²) < 4.78 is 92.3. The smallest absolute Gasteiger partial charge is 0.409 e. The second kappa shape index (κ2) is 15.6. The molecule has 0 N–H and O–H groups in total. The zero-order chi connectivity index (χ0) is 31.6. The summed E-state index contributed by atoms with van der Waals surface area (Å²) in [6, 6.07) is 16.2. The van der Waals surface area contributed by atoms with Crippen molar-refractivity contribution in [2.24, 2.45) is 0 Å². The molecule has 44 heavy (non-hydrogen) atoms. The Morgan fingerprint density at radius 1 is 0.682 bits per heavy atom. The van der Waals surface area contributed by atoms with Gasteiger partial charge in [0.1, 0.15) is 6.61 Å². The van der Waals surface area contributed by atoms with E-state index in [9.17, 15) is 31.5 Å². The number of rotatable bonds is 15. The molecule has 0 saturated heterocycles. The quantitative estimate of drug-likeness (QED) is 0.0544. The Morgan fingerprint density at radius 3 is 1.73 bits per heavy atom. The lowest BCUT2D eigenvalue weighted by Crippen LogP contribution is -2.32. The van der Waals surface area contributed by atoms with E-state index in [0.29, 0.717) is 6.54 Å². The molecule has 4 rings (SSSR count). The van der Waals surface area contributed by atoms with Crippen LogP contribution in [0.4, 0.5) is 26.7 Å². The van der Waals surface area contributed by atoms with Crippen LogP contribution in [0.15, 0.2) is 48.5 Å². The highest BCUT2D eigenvalue weighted by molar-refractivity contribution is 5.79. The number of hydrogen-bond acceptors (Lipinski definition) is 7. The Labute approximate surface area is 250 Å². The number of hydrogen-bond donors (Lipinski definition) is 0. The van der Waals surface area contributed by atoms with Crippen molar-refractivity contribution in [2.75, 3.05) is 59.8 Å². The van der Waals surface area contributed by atoms with Crippen LogP contribution < -0.4 is 4.74 Å². The summed E-state index contributed by atoms with van der Waals surface area (Å²) in [5.41, 5.74) is 4.56. The fraction of sp³-hybridized carbons (Fsp3) is 0.355. The van der Waals surface area contributed by atoms with Crippen molar-refractivity contribution in [3.8, 4) is 16.9 Å². The van der Waals surface area contributed by atoms with Crippen molar-refractivity contribution in [3.63, 3.8) is 0 Å². The van der Waals surface area contributed by atoms with Crippen LogP contribution in [0.2, 0.25) is 0 Å². The standard InChI is InChI=1S/C31H30F5NO7/c1-37(31(39)43-18-23-21-8-4-2-6-19(21)20-7-3-5-9-22(20)23)11-13-41-15-17-42-16-14-40-12-10-24(38)44-30-28(35)26(33)25(32)27(34)29(30)36/h2-9,23H,10-18H2,1H3. The van der Waals surface area contributed by atoms with Crippen LogP contribution in [0, 0.1) is 29.1 Å². The predicted octanol–water partition coefficient (Wildman–Crippen LogP) is 5.61. The van der Waals surface area contributed by atoms with E-state index in [1.54, 1.807) is 7.05 Å². The third-order valence-corrected chi connectivity index (χ3v) is 6.80. The fourth-order valence-corrected chi connectivity index (χ4v) is 4.53. The molecule has 0 saturated carbocycles. The Bertz CT molecular complexity index is 1400. The maximum atomic E-state index is 13.6. The van der Waals surface area contributed by atoms with Gasteiger partial charge in [0.2, 0.25) is 34.8 Å². The van der Waals surface area contributed by atoms with Crippen LogP contribution in [-0.4, -0.2) is 76.8 Å². The molecule has 0 unspecified atom stereocenters. The van der Waals surface area contributed by atoms with E-state index in [1.165, 1.54) is 4.90 Å². The van der Waals surface area contributed by atoms with E-state index >= 15 is 0 Å². The molecule has 0 heterocycles. The van der Waals surface area contributed by atoms with E-state index in [1.807, 2.05) is 24.3 Å². The predicted molar refractivity (Wildman–Crippen MR) is 147 cm³/mol. The van der Waals surface area contributed by atoms with Crippen molar-refractivity contribution in [2.45, 2.75) is 12.3 Å². The number of amides is 1.